The van der Waals surface area contributed by atoms with Gasteiger partial charge in [0.25, 0.3) is 0 Å². The topological polar surface area (TPSA) is 46.5 Å². The third-order valence-corrected chi connectivity index (χ3v) is 8.64. The van der Waals surface area contributed by atoms with Crippen LogP contribution in [-0.4, -0.2) is 24.3 Å². The summed E-state index contributed by atoms with van der Waals surface area (Å²) in [6.45, 7) is 8.16. The molecule has 0 aromatic heterocycles. The second-order valence-electron chi connectivity index (χ2n) is 9.81. The van der Waals surface area contributed by atoms with Gasteiger partial charge < -0.3 is 9.84 Å². The molecular weight excluding hydrogens is 288 g/mol. The number of aliphatic hydroxyl groups is 1. The van der Waals surface area contributed by atoms with Crippen LogP contribution in [0.15, 0.2) is 0 Å². The van der Waals surface area contributed by atoms with Crippen LogP contribution >= 0.6 is 0 Å². The number of carbonyl (C=O) groups is 1. The molecule has 0 aromatic rings. The van der Waals surface area contributed by atoms with Gasteiger partial charge in [-0.3, -0.25) is 4.79 Å². The van der Waals surface area contributed by atoms with Gasteiger partial charge in [0.2, 0.25) is 0 Å². The average molecular weight is 320 g/mol. The Bertz CT molecular complexity index is 513. The van der Waals surface area contributed by atoms with Crippen LogP contribution < -0.4 is 0 Å². The molecule has 4 aliphatic rings. The van der Waals surface area contributed by atoms with Crippen molar-refractivity contribution in [2.24, 2.45) is 39.9 Å². The summed E-state index contributed by atoms with van der Waals surface area (Å²) in [6, 6.07) is 0. The number of carbonyl (C=O) groups excluding carboxylic acids is 1. The van der Waals surface area contributed by atoms with Crippen LogP contribution in [0.25, 0.3) is 0 Å². The third kappa shape index (κ3) is 1.95. The van der Waals surface area contributed by atoms with E-state index in [1.54, 1.807) is 0 Å². The summed E-state index contributed by atoms with van der Waals surface area (Å²) in [7, 11) is 0. The molecule has 1 spiro atoms. The molecule has 4 fully saturated rings. The SMILES string of the molecule is CC1(C)CCC[C@]2(C)C3CC[C@H]4C(=O)OC[C@]3(CC[C@@H]12)[C@@H]4CO. The zero-order valence-corrected chi connectivity index (χ0v) is 14.9. The predicted octanol–water partition coefficient (Wildman–Crippen LogP) is 3.79. The van der Waals surface area contributed by atoms with Gasteiger partial charge >= 0.3 is 5.97 Å². The summed E-state index contributed by atoms with van der Waals surface area (Å²) < 4.78 is 5.66. The summed E-state index contributed by atoms with van der Waals surface area (Å²) in [4.78, 5) is 12.2. The first-order chi connectivity index (χ1) is 10.8. The number of fused-ring (bicyclic) bond motifs is 3. The highest BCUT2D eigenvalue weighted by Crippen LogP contribution is 2.70. The largest absolute Gasteiger partial charge is 0.465 e. The number of esters is 1. The Hall–Kier alpha value is -0.570. The number of hydrogen-bond acceptors (Lipinski definition) is 3. The van der Waals surface area contributed by atoms with Crippen LogP contribution in [0.2, 0.25) is 0 Å². The Labute approximate surface area is 140 Å². The zero-order valence-electron chi connectivity index (χ0n) is 14.9. The first kappa shape index (κ1) is 15.9. The van der Waals surface area contributed by atoms with Gasteiger partial charge in [0, 0.05) is 17.9 Å². The first-order valence-corrected chi connectivity index (χ1v) is 9.63. The van der Waals surface area contributed by atoms with Crippen LogP contribution in [0.1, 0.15) is 65.7 Å². The highest BCUT2D eigenvalue weighted by Gasteiger charge is 2.66. The van der Waals surface area contributed by atoms with Crippen molar-refractivity contribution in [1.29, 1.82) is 0 Å². The van der Waals surface area contributed by atoms with E-state index in [-0.39, 0.29) is 29.8 Å². The minimum Gasteiger partial charge on any atom is -0.465 e. The minimum atomic E-state index is -0.0539. The lowest BCUT2D eigenvalue weighted by Gasteiger charge is -2.67. The highest BCUT2D eigenvalue weighted by molar-refractivity contribution is 5.74. The molecule has 1 heterocycles. The zero-order chi connectivity index (χ0) is 16.5. The van der Waals surface area contributed by atoms with Crippen molar-refractivity contribution in [3.05, 3.63) is 0 Å². The summed E-state index contributed by atoms with van der Waals surface area (Å²) in [5, 5.41) is 10.1. The quantitative estimate of drug-likeness (QED) is 0.748. The normalized spacial score (nSPS) is 51.4. The van der Waals surface area contributed by atoms with Crippen molar-refractivity contribution in [3.63, 3.8) is 0 Å². The van der Waals surface area contributed by atoms with Crippen LogP contribution in [0.4, 0.5) is 0 Å². The van der Waals surface area contributed by atoms with Gasteiger partial charge in [0.1, 0.15) is 0 Å². The third-order valence-electron chi connectivity index (χ3n) is 8.64. The van der Waals surface area contributed by atoms with Gasteiger partial charge in [-0.2, -0.15) is 0 Å². The van der Waals surface area contributed by atoms with E-state index in [9.17, 15) is 9.90 Å². The average Bonchev–Trinajstić information content (AvgIpc) is 2.49. The van der Waals surface area contributed by atoms with E-state index >= 15 is 0 Å². The molecule has 4 rings (SSSR count). The Morgan fingerprint density at radius 3 is 2.61 bits per heavy atom. The number of ether oxygens (including phenoxy) is 1. The molecule has 1 unspecified atom stereocenters. The first-order valence-electron chi connectivity index (χ1n) is 9.63. The van der Waals surface area contributed by atoms with Crippen molar-refractivity contribution in [3.8, 4) is 0 Å². The number of cyclic esters (lactones) is 1. The monoisotopic (exact) mass is 320 g/mol. The maximum absolute atomic E-state index is 12.2. The number of aliphatic hydroxyl groups excluding tert-OH is 1. The lowest BCUT2D eigenvalue weighted by atomic mass is 9.38. The maximum atomic E-state index is 12.2. The van der Waals surface area contributed by atoms with Crippen LogP contribution in [0.5, 0.6) is 0 Å². The molecule has 1 N–H and O–H groups in total. The maximum Gasteiger partial charge on any atom is 0.309 e. The molecule has 3 heteroatoms. The molecule has 1 aliphatic heterocycles. The summed E-state index contributed by atoms with van der Waals surface area (Å²) in [6.07, 6.45) is 8.41. The Morgan fingerprint density at radius 1 is 1.09 bits per heavy atom. The van der Waals surface area contributed by atoms with Crippen LogP contribution in [-0.2, 0) is 9.53 Å². The van der Waals surface area contributed by atoms with Crippen molar-refractivity contribution < 1.29 is 14.6 Å². The van der Waals surface area contributed by atoms with E-state index in [1.165, 1.54) is 25.7 Å². The van der Waals surface area contributed by atoms with Gasteiger partial charge in [0.15, 0.2) is 0 Å². The van der Waals surface area contributed by atoms with E-state index < -0.39 is 0 Å². The van der Waals surface area contributed by atoms with E-state index in [4.69, 9.17) is 4.74 Å². The molecule has 3 saturated carbocycles. The molecule has 0 aromatic carbocycles. The van der Waals surface area contributed by atoms with Gasteiger partial charge in [-0.25, -0.2) is 0 Å². The van der Waals surface area contributed by atoms with Crippen molar-refractivity contribution in [2.75, 3.05) is 13.2 Å². The lowest BCUT2D eigenvalue weighted by Crippen LogP contribution is -2.65. The Morgan fingerprint density at radius 2 is 1.87 bits per heavy atom. The standard InChI is InChI=1S/C20H32O3/c1-18(2)8-4-9-19(3)15(18)7-10-20-12-23-17(22)13(14(20)11-21)5-6-16(19)20/h13-16,21H,4-12H2,1-3H3/t13-,14-,15+,16?,19+,20-/m1/s1. The molecule has 0 radical (unpaired) electrons. The fourth-order valence-corrected chi connectivity index (χ4v) is 7.74. The lowest BCUT2D eigenvalue weighted by molar-refractivity contribution is -0.235. The smallest absolute Gasteiger partial charge is 0.309 e. The highest BCUT2D eigenvalue weighted by atomic mass is 16.5. The predicted molar refractivity (Wildman–Crippen MR) is 88.6 cm³/mol. The molecule has 1 saturated heterocycles. The van der Waals surface area contributed by atoms with Crippen molar-refractivity contribution in [1.82, 2.24) is 0 Å². The molecule has 130 valence electrons. The van der Waals surface area contributed by atoms with Gasteiger partial charge in [-0.1, -0.05) is 27.2 Å². The molecule has 2 bridgehead atoms. The van der Waals surface area contributed by atoms with Crippen LogP contribution in [0.3, 0.4) is 0 Å². The second-order valence-corrected chi connectivity index (χ2v) is 9.81. The minimum absolute atomic E-state index is 0.0459. The number of hydrogen-bond donors (Lipinski definition) is 1. The summed E-state index contributed by atoms with van der Waals surface area (Å²) >= 11 is 0. The molecule has 23 heavy (non-hydrogen) atoms. The Kier molecular flexibility index (Phi) is 3.44. The number of rotatable bonds is 1. The summed E-state index contributed by atoms with van der Waals surface area (Å²) in [5.74, 6) is 1.40. The fraction of sp³-hybridized carbons (Fsp3) is 0.950. The summed E-state index contributed by atoms with van der Waals surface area (Å²) in [5.41, 5.74) is 0.817. The Balaban J connectivity index is 1.76. The van der Waals surface area contributed by atoms with Crippen molar-refractivity contribution in [2.45, 2.75) is 65.7 Å². The molecule has 6 atom stereocenters. The molecule has 0 amide bonds. The van der Waals surface area contributed by atoms with Crippen LogP contribution in [0, 0.1) is 39.9 Å². The van der Waals surface area contributed by atoms with Gasteiger partial charge in [-0.15, -0.1) is 0 Å². The molecule has 3 nitrogen and oxygen atoms in total. The molecule has 3 aliphatic carbocycles. The van der Waals surface area contributed by atoms with E-state index in [0.717, 1.165) is 25.2 Å². The van der Waals surface area contributed by atoms with Gasteiger partial charge in [-0.05, 0) is 61.2 Å². The van der Waals surface area contributed by atoms with E-state index in [2.05, 4.69) is 20.8 Å². The van der Waals surface area contributed by atoms with E-state index in [1.807, 2.05) is 0 Å². The van der Waals surface area contributed by atoms with Crippen molar-refractivity contribution >= 4 is 5.97 Å². The second kappa shape index (κ2) is 4.97. The fourth-order valence-electron chi connectivity index (χ4n) is 7.74. The van der Waals surface area contributed by atoms with Gasteiger partial charge in [0.05, 0.1) is 12.5 Å². The molecular formula is C20H32O3. The van der Waals surface area contributed by atoms with E-state index in [0.29, 0.717) is 23.4 Å².